The number of nitrogens with one attached hydrogen (secondary N) is 1. The fraction of sp³-hybridized carbons (Fsp3) is 0.154. The maximum atomic E-state index is 6.59. The third kappa shape index (κ3) is 4.38. The van der Waals surface area contributed by atoms with Gasteiger partial charge in [-0.1, -0.05) is 48.5 Å². The number of methoxy groups -OCH3 is 1. The first-order valence-corrected chi connectivity index (χ1v) is 11.1. The zero-order valence-electron chi connectivity index (χ0n) is 18.8. The average molecular weight is 452 g/mol. The zero-order chi connectivity index (χ0) is 23.3. The molecule has 0 saturated carbocycles. The minimum Gasteiger partial charge on any atom is -0.496 e. The molecule has 2 aromatic carbocycles. The predicted molar refractivity (Wildman–Crippen MR) is 134 cm³/mol. The normalized spacial score (nSPS) is 11.0. The summed E-state index contributed by atoms with van der Waals surface area (Å²) in [6, 6.07) is 23.7. The number of nitrogens with two attached hydrogens (primary N) is 1. The van der Waals surface area contributed by atoms with Crippen molar-refractivity contribution in [3.05, 3.63) is 90.3 Å². The number of pyridine rings is 1. The molecule has 0 aliphatic heterocycles. The second-order valence-electron chi connectivity index (χ2n) is 7.82. The number of benzene rings is 2. The number of nitrogens with zero attached hydrogens (tertiary/aromatic N) is 5. The quantitative estimate of drug-likeness (QED) is 0.365. The Morgan fingerprint density at radius 1 is 0.941 bits per heavy atom. The number of para-hydroxylation sites is 1. The van der Waals surface area contributed by atoms with E-state index < -0.39 is 0 Å². The molecule has 0 unspecified atom stereocenters. The molecular weight excluding hydrogens is 426 g/mol. The Labute approximate surface area is 197 Å². The fourth-order valence-electron chi connectivity index (χ4n) is 3.89. The molecule has 8 nitrogen and oxygen atoms in total. The summed E-state index contributed by atoms with van der Waals surface area (Å²) in [5.74, 6) is 1.70. The van der Waals surface area contributed by atoms with Gasteiger partial charge >= 0.3 is 0 Å². The Hall–Kier alpha value is -4.46. The molecule has 0 fully saturated rings. The Kier molecular flexibility index (Phi) is 6.03. The number of rotatable bonds is 8. The lowest BCUT2D eigenvalue weighted by atomic mass is 10.1. The van der Waals surface area contributed by atoms with E-state index in [1.54, 1.807) is 18.0 Å². The van der Waals surface area contributed by atoms with Crippen molar-refractivity contribution >= 4 is 22.8 Å². The number of ether oxygens (including phenoxy) is 1. The largest absolute Gasteiger partial charge is 0.496 e. The fourth-order valence-corrected chi connectivity index (χ4v) is 3.89. The van der Waals surface area contributed by atoms with Crippen molar-refractivity contribution in [3.8, 4) is 17.0 Å². The molecule has 0 radical (unpaired) electrons. The van der Waals surface area contributed by atoms with E-state index in [-0.39, 0.29) is 0 Å². The van der Waals surface area contributed by atoms with E-state index >= 15 is 0 Å². The Morgan fingerprint density at radius 2 is 1.74 bits per heavy atom. The second-order valence-corrected chi connectivity index (χ2v) is 7.82. The van der Waals surface area contributed by atoms with E-state index in [0.29, 0.717) is 47.3 Å². The van der Waals surface area contributed by atoms with Gasteiger partial charge in [0.25, 0.3) is 0 Å². The van der Waals surface area contributed by atoms with Crippen LogP contribution in [0.2, 0.25) is 0 Å². The van der Waals surface area contributed by atoms with Crippen LogP contribution in [0.4, 0.5) is 11.8 Å². The lowest BCUT2D eigenvalue weighted by Crippen LogP contribution is -2.09. The van der Waals surface area contributed by atoms with E-state index in [2.05, 4.69) is 15.3 Å². The monoisotopic (exact) mass is 451 g/mol. The van der Waals surface area contributed by atoms with Gasteiger partial charge in [-0.2, -0.15) is 4.98 Å². The molecule has 0 bridgehead atoms. The van der Waals surface area contributed by atoms with Crippen LogP contribution in [0.25, 0.3) is 22.3 Å². The van der Waals surface area contributed by atoms with Crippen LogP contribution in [0.15, 0.2) is 79.0 Å². The standard InChI is InChI=1S/C26H25N7O/c1-34-21-13-6-5-12-20(21)23-22-24(27)33(17-18-9-3-2-4-10-18)32-25(22)31-26(30-23)29-16-14-19-11-7-8-15-28-19/h2-13,15H,14,16-17,27H2,1H3,(H,29,31,32). The first kappa shape index (κ1) is 21.4. The number of hydrogen-bond acceptors (Lipinski definition) is 7. The van der Waals surface area contributed by atoms with Gasteiger partial charge in [0.2, 0.25) is 5.95 Å². The topological polar surface area (TPSA) is 104 Å². The Morgan fingerprint density at radius 3 is 2.53 bits per heavy atom. The first-order valence-electron chi connectivity index (χ1n) is 11.1. The van der Waals surface area contributed by atoms with Crippen LogP contribution in [0.1, 0.15) is 11.3 Å². The molecule has 3 aromatic heterocycles. The van der Waals surface area contributed by atoms with Crippen LogP contribution in [-0.2, 0) is 13.0 Å². The SMILES string of the molecule is COc1ccccc1-c1nc(NCCc2ccccn2)nc2nn(Cc3ccccc3)c(N)c12. The van der Waals surface area contributed by atoms with Crippen LogP contribution < -0.4 is 15.8 Å². The average Bonchev–Trinajstić information content (AvgIpc) is 3.19. The summed E-state index contributed by atoms with van der Waals surface area (Å²) in [6.45, 7) is 1.17. The molecule has 34 heavy (non-hydrogen) atoms. The van der Waals surface area contributed by atoms with Crippen molar-refractivity contribution in [2.24, 2.45) is 0 Å². The smallest absolute Gasteiger partial charge is 0.225 e. The Balaban J connectivity index is 1.55. The maximum absolute atomic E-state index is 6.59. The van der Waals surface area contributed by atoms with Gasteiger partial charge < -0.3 is 15.8 Å². The third-order valence-corrected chi connectivity index (χ3v) is 5.57. The number of aromatic nitrogens is 5. The summed E-state index contributed by atoms with van der Waals surface area (Å²) in [7, 11) is 1.64. The lowest BCUT2D eigenvalue weighted by molar-refractivity contribution is 0.416. The van der Waals surface area contributed by atoms with Crippen molar-refractivity contribution in [2.45, 2.75) is 13.0 Å². The van der Waals surface area contributed by atoms with Crippen LogP contribution >= 0.6 is 0 Å². The molecule has 0 amide bonds. The highest BCUT2D eigenvalue weighted by Gasteiger charge is 2.20. The molecule has 3 N–H and O–H groups in total. The number of hydrogen-bond donors (Lipinski definition) is 2. The van der Waals surface area contributed by atoms with Gasteiger partial charge in [-0.15, -0.1) is 5.10 Å². The highest BCUT2D eigenvalue weighted by molar-refractivity contribution is 6.00. The molecule has 0 aliphatic rings. The molecule has 5 rings (SSSR count). The number of anilines is 2. The summed E-state index contributed by atoms with van der Waals surface area (Å²) in [5, 5.41) is 8.75. The van der Waals surface area contributed by atoms with Gasteiger partial charge in [0, 0.05) is 30.4 Å². The van der Waals surface area contributed by atoms with Crippen molar-refractivity contribution < 1.29 is 4.74 Å². The molecule has 0 spiro atoms. The van der Waals surface area contributed by atoms with Crippen molar-refractivity contribution in [2.75, 3.05) is 24.7 Å². The zero-order valence-corrected chi connectivity index (χ0v) is 18.8. The predicted octanol–water partition coefficient (Wildman–Crippen LogP) is 4.18. The van der Waals surface area contributed by atoms with E-state index in [1.165, 1.54) is 0 Å². The molecule has 0 aliphatic carbocycles. The first-order chi connectivity index (χ1) is 16.7. The Bertz CT molecular complexity index is 1400. The molecule has 3 heterocycles. The highest BCUT2D eigenvalue weighted by Crippen LogP contribution is 2.36. The summed E-state index contributed by atoms with van der Waals surface area (Å²) < 4.78 is 7.38. The van der Waals surface area contributed by atoms with Crippen molar-refractivity contribution in [3.63, 3.8) is 0 Å². The van der Waals surface area contributed by atoms with Crippen LogP contribution in [0, 0.1) is 0 Å². The molecule has 5 aromatic rings. The number of nitrogen functional groups attached to an aromatic ring is 1. The lowest BCUT2D eigenvalue weighted by Gasteiger charge is -2.11. The summed E-state index contributed by atoms with van der Waals surface area (Å²) >= 11 is 0. The van der Waals surface area contributed by atoms with E-state index in [4.69, 9.17) is 20.6 Å². The second kappa shape index (κ2) is 9.58. The van der Waals surface area contributed by atoms with Gasteiger partial charge in [-0.3, -0.25) is 4.98 Å². The molecule has 0 atom stereocenters. The minimum atomic E-state index is 0.480. The maximum Gasteiger partial charge on any atom is 0.225 e. The van der Waals surface area contributed by atoms with Gasteiger partial charge in [0.1, 0.15) is 11.6 Å². The third-order valence-electron chi connectivity index (χ3n) is 5.57. The van der Waals surface area contributed by atoms with E-state index in [9.17, 15) is 0 Å². The van der Waals surface area contributed by atoms with E-state index in [0.717, 1.165) is 23.2 Å². The summed E-state index contributed by atoms with van der Waals surface area (Å²) in [6.07, 6.45) is 2.54. The molecule has 170 valence electrons. The van der Waals surface area contributed by atoms with Crippen LogP contribution in [-0.4, -0.2) is 38.4 Å². The van der Waals surface area contributed by atoms with Gasteiger partial charge in [-0.25, -0.2) is 9.67 Å². The molecule has 8 heteroatoms. The number of fused-ring (bicyclic) bond motifs is 1. The van der Waals surface area contributed by atoms with Gasteiger partial charge in [0.05, 0.1) is 24.7 Å². The van der Waals surface area contributed by atoms with Crippen molar-refractivity contribution in [1.82, 2.24) is 24.7 Å². The minimum absolute atomic E-state index is 0.480. The van der Waals surface area contributed by atoms with E-state index in [1.807, 2.05) is 72.8 Å². The van der Waals surface area contributed by atoms with Crippen LogP contribution in [0.5, 0.6) is 5.75 Å². The summed E-state index contributed by atoms with van der Waals surface area (Å²) in [5.41, 5.74) is 10.7. The van der Waals surface area contributed by atoms with Gasteiger partial charge in [-0.05, 0) is 29.8 Å². The summed E-state index contributed by atoms with van der Waals surface area (Å²) in [4.78, 5) is 13.9. The highest BCUT2D eigenvalue weighted by atomic mass is 16.5. The molecular formula is C26H25N7O. The van der Waals surface area contributed by atoms with Gasteiger partial charge in [0.15, 0.2) is 5.65 Å². The van der Waals surface area contributed by atoms with Crippen LogP contribution in [0.3, 0.4) is 0 Å². The van der Waals surface area contributed by atoms with Crippen molar-refractivity contribution in [1.29, 1.82) is 0 Å². The molecule has 0 saturated heterocycles.